The number of halogens is 1. The molecule has 0 atom stereocenters. The van der Waals surface area contributed by atoms with Crippen LogP contribution in [0.2, 0.25) is 0 Å². The number of hydrogen-bond donors (Lipinski definition) is 0. The molecule has 0 saturated carbocycles. The van der Waals surface area contributed by atoms with E-state index < -0.39 is 10.1 Å². The summed E-state index contributed by atoms with van der Waals surface area (Å²) < 4.78 is 48.7. The van der Waals surface area contributed by atoms with E-state index in [1.165, 1.54) is 43.6 Å². The van der Waals surface area contributed by atoms with Gasteiger partial charge in [0.1, 0.15) is 10.8 Å². The molecule has 0 saturated heterocycles. The molecule has 5 nitrogen and oxygen atoms in total. The molecule has 0 amide bonds. The van der Waals surface area contributed by atoms with E-state index in [1.54, 1.807) is 12.1 Å². The van der Waals surface area contributed by atoms with Crippen LogP contribution in [0.5, 0.6) is 11.5 Å². The first-order valence-electron chi connectivity index (χ1n) is 7.90. The third-order valence-electron chi connectivity index (χ3n) is 3.57. The van der Waals surface area contributed by atoms with Crippen LogP contribution < -0.4 is 8.92 Å². The Hall–Kier alpha value is -2.71. The van der Waals surface area contributed by atoms with Crippen LogP contribution in [0.15, 0.2) is 58.9 Å². The summed E-state index contributed by atoms with van der Waals surface area (Å²) in [7, 11) is -2.64. The molecule has 8 heteroatoms. The van der Waals surface area contributed by atoms with Crippen molar-refractivity contribution in [2.45, 2.75) is 11.1 Å². The van der Waals surface area contributed by atoms with Gasteiger partial charge in [0.2, 0.25) is 0 Å². The van der Waals surface area contributed by atoms with Crippen LogP contribution in [-0.4, -0.2) is 20.5 Å². The van der Waals surface area contributed by atoms with E-state index in [4.69, 9.17) is 8.92 Å². The molecule has 0 spiro atoms. The van der Waals surface area contributed by atoms with E-state index >= 15 is 0 Å². The molecule has 140 valence electrons. The quantitative estimate of drug-likeness (QED) is 0.553. The fraction of sp³-hybridized carbons (Fsp3) is 0.105. The first-order valence-corrected chi connectivity index (χ1v) is 10.1. The standard InChI is InChI=1S/C19H16FNO4S2/c1-3-4-13-5-10-16(17(11-13)24-2)25-27(22,23)18-12-21-19(26-18)14-6-8-15(20)9-7-14/h3-12H,1-2H3/b4-3+. The highest BCUT2D eigenvalue weighted by Crippen LogP contribution is 2.34. The van der Waals surface area contributed by atoms with Gasteiger partial charge in [0.25, 0.3) is 0 Å². The number of thiazole rings is 1. The average Bonchev–Trinajstić information content (AvgIpc) is 3.15. The van der Waals surface area contributed by atoms with Gasteiger partial charge in [-0.15, -0.1) is 0 Å². The summed E-state index contributed by atoms with van der Waals surface area (Å²) in [5.41, 5.74) is 1.48. The molecule has 27 heavy (non-hydrogen) atoms. The van der Waals surface area contributed by atoms with Gasteiger partial charge in [-0.2, -0.15) is 8.42 Å². The molecule has 0 radical (unpaired) electrons. The molecule has 0 unspecified atom stereocenters. The lowest BCUT2D eigenvalue weighted by atomic mass is 10.2. The summed E-state index contributed by atoms with van der Waals surface area (Å²) in [5, 5.41) is 0.451. The second-order valence-electron chi connectivity index (χ2n) is 5.44. The molecule has 0 bridgehead atoms. The van der Waals surface area contributed by atoms with Crippen LogP contribution in [0, 0.1) is 5.82 Å². The Morgan fingerprint density at radius 2 is 1.85 bits per heavy atom. The Labute approximate surface area is 160 Å². The van der Waals surface area contributed by atoms with Crippen LogP contribution >= 0.6 is 11.3 Å². The Morgan fingerprint density at radius 1 is 1.11 bits per heavy atom. The number of nitrogens with zero attached hydrogens (tertiary/aromatic N) is 1. The van der Waals surface area contributed by atoms with Crippen molar-refractivity contribution < 1.29 is 21.7 Å². The second-order valence-corrected chi connectivity index (χ2v) is 8.24. The summed E-state index contributed by atoms with van der Waals surface area (Å²) in [5.74, 6) is 0.0138. The topological polar surface area (TPSA) is 65.5 Å². The number of ether oxygens (including phenoxy) is 1. The molecule has 1 aromatic heterocycles. The molecule has 3 aromatic rings. The molecular weight excluding hydrogens is 389 g/mol. The van der Waals surface area contributed by atoms with Crippen LogP contribution in [0.3, 0.4) is 0 Å². The number of benzene rings is 2. The minimum absolute atomic E-state index is 0.0543. The van der Waals surface area contributed by atoms with E-state index in [0.29, 0.717) is 16.3 Å². The molecule has 2 aromatic carbocycles. The summed E-state index contributed by atoms with van der Waals surface area (Å²) >= 11 is 0.944. The maximum absolute atomic E-state index is 13.0. The van der Waals surface area contributed by atoms with E-state index in [1.807, 2.05) is 19.1 Å². The first-order chi connectivity index (χ1) is 12.9. The van der Waals surface area contributed by atoms with Crippen molar-refractivity contribution in [3.05, 3.63) is 66.1 Å². The second kappa shape index (κ2) is 7.89. The zero-order valence-electron chi connectivity index (χ0n) is 14.5. The van der Waals surface area contributed by atoms with Crippen LogP contribution in [0.4, 0.5) is 4.39 Å². The number of rotatable bonds is 6. The molecule has 1 heterocycles. The Morgan fingerprint density at radius 3 is 2.52 bits per heavy atom. The van der Waals surface area contributed by atoms with Gasteiger partial charge >= 0.3 is 10.1 Å². The van der Waals surface area contributed by atoms with Crippen LogP contribution in [0.25, 0.3) is 16.6 Å². The first kappa shape index (κ1) is 19.1. The number of hydrogen-bond acceptors (Lipinski definition) is 6. The highest BCUT2D eigenvalue weighted by atomic mass is 32.3. The zero-order chi connectivity index (χ0) is 19.4. The van der Waals surface area contributed by atoms with E-state index in [9.17, 15) is 12.8 Å². The summed E-state index contributed by atoms with van der Waals surface area (Å²) in [6, 6.07) is 10.6. The molecule has 0 N–H and O–H groups in total. The van der Waals surface area contributed by atoms with E-state index in [2.05, 4.69) is 4.98 Å². The van der Waals surface area contributed by atoms with E-state index in [-0.39, 0.29) is 15.8 Å². The number of allylic oxidation sites excluding steroid dienone is 1. The van der Waals surface area contributed by atoms with Gasteiger partial charge in [-0.3, -0.25) is 0 Å². The SMILES string of the molecule is C/C=C/c1ccc(OS(=O)(=O)c2cnc(-c3ccc(F)cc3)s2)c(OC)c1. The normalized spacial score (nSPS) is 11.7. The molecule has 0 aliphatic heterocycles. The average molecular weight is 405 g/mol. The van der Waals surface area contributed by atoms with Crippen molar-refractivity contribution >= 4 is 27.5 Å². The van der Waals surface area contributed by atoms with Gasteiger partial charge in [0, 0.05) is 5.56 Å². The predicted molar refractivity (Wildman–Crippen MR) is 103 cm³/mol. The monoisotopic (exact) mass is 405 g/mol. The van der Waals surface area contributed by atoms with Crippen LogP contribution in [-0.2, 0) is 10.1 Å². The smallest absolute Gasteiger partial charge is 0.350 e. The highest BCUT2D eigenvalue weighted by molar-refractivity contribution is 7.89. The molecule has 3 rings (SSSR count). The van der Waals surface area contributed by atoms with Crippen molar-refractivity contribution in [2.24, 2.45) is 0 Å². The fourth-order valence-electron chi connectivity index (χ4n) is 2.31. The van der Waals surface area contributed by atoms with Gasteiger partial charge < -0.3 is 8.92 Å². The Bertz CT molecular complexity index is 1070. The summed E-state index contributed by atoms with van der Waals surface area (Å²) in [6.45, 7) is 1.88. The van der Waals surface area contributed by atoms with Crippen molar-refractivity contribution in [1.82, 2.24) is 4.98 Å². The predicted octanol–water partition coefficient (Wildman–Crippen LogP) is 4.76. The maximum Gasteiger partial charge on any atom is 0.350 e. The van der Waals surface area contributed by atoms with Gasteiger partial charge in [-0.1, -0.05) is 29.6 Å². The Balaban J connectivity index is 1.88. The largest absolute Gasteiger partial charge is 0.493 e. The highest BCUT2D eigenvalue weighted by Gasteiger charge is 2.23. The minimum Gasteiger partial charge on any atom is -0.493 e. The van der Waals surface area contributed by atoms with Crippen molar-refractivity contribution in [3.8, 4) is 22.1 Å². The van der Waals surface area contributed by atoms with Gasteiger partial charge in [0.15, 0.2) is 15.7 Å². The van der Waals surface area contributed by atoms with Gasteiger partial charge in [-0.05, 0) is 48.9 Å². The lowest BCUT2D eigenvalue weighted by Crippen LogP contribution is -2.09. The lowest BCUT2D eigenvalue weighted by molar-refractivity contribution is 0.391. The maximum atomic E-state index is 13.0. The number of methoxy groups -OCH3 is 1. The zero-order valence-corrected chi connectivity index (χ0v) is 16.2. The lowest BCUT2D eigenvalue weighted by Gasteiger charge is -2.10. The fourth-order valence-corrected chi connectivity index (χ4v) is 4.35. The summed E-state index contributed by atoms with van der Waals surface area (Å²) in [4.78, 5) is 4.10. The molecule has 0 aliphatic carbocycles. The third kappa shape index (κ3) is 4.35. The number of aromatic nitrogens is 1. The van der Waals surface area contributed by atoms with Gasteiger partial charge in [0.05, 0.1) is 13.3 Å². The third-order valence-corrected chi connectivity index (χ3v) is 6.27. The van der Waals surface area contributed by atoms with Crippen molar-refractivity contribution in [2.75, 3.05) is 7.11 Å². The summed E-state index contributed by atoms with van der Waals surface area (Å²) in [6.07, 6.45) is 4.94. The van der Waals surface area contributed by atoms with Crippen molar-refractivity contribution in [3.63, 3.8) is 0 Å². The Kier molecular flexibility index (Phi) is 5.57. The molecule has 0 aliphatic rings. The van der Waals surface area contributed by atoms with E-state index in [0.717, 1.165) is 16.9 Å². The van der Waals surface area contributed by atoms with Crippen LogP contribution in [0.1, 0.15) is 12.5 Å². The molecule has 0 fully saturated rings. The van der Waals surface area contributed by atoms with Gasteiger partial charge in [-0.25, -0.2) is 9.37 Å². The molecular formula is C19H16FNO4S2. The minimum atomic E-state index is -4.08. The van der Waals surface area contributed by atoms with Crippen molar-refractivity contribution in [1.29, 1.82) is 0 Å².